The molecule has 1 saturated heterocycles. The average Bonchev–Trinajstić information content (AvgIpc) is 2.61. The van der Waals surface area contributed by atoms with Gasteiger partial charge in [-0.15, -0.1) is 0 Å². The highest BCUT2D eigenvalue weighted by Crippen LogP contribution is 2.28. The lowest BCUT2D eigenvalue weighted by Gasteiger charge is -2.27. The van der Waals surface area contributed by atoms with Crippen molar-refractivity contribution in [2.45, 2.75) is 25.1 Å². The average molecular weight is 391 g/mol. The van der Waals surface area contributed by atoms with E-state index in [9.17, 15) is 27.6 Å². The van der Waals surface area contributed by atoms with Crippen LogP contribution in [0.5, 0.6) is 0 Å². The molecule has 0 radical (unpaired) electrons. The number of halogens is 3. The molecular formula is C19H16F3N3O3. The van der Waals surface area contributed by atoms with E-state index in [1.165, 1.54) is 0 Å². The zero-order valence-electron chi connectivity index (χ0n) is 14.5. The fourth-order valence-corrected chi connectivity index (χ4v) is 2.98. The topological polar surface area (TPSA) is 88.2 Å². The minimum absolute atomic E-state index is 0.00994. The SMILES string of the molecule is O=C1CC(Cc2ccccc2)NC(=O)C1C(=O)Nc1ccc(C(F)(F)F)nc1. The van der Waals surface area contributed by atoms with Crippen LogP contribution in [0.15, 0.2) is 48.7 Å². The van der Waals surface area contributed by atoms with Crippen LogP contribution in [0.2, 0.25) is 0 Å². The number of nitrogens with zero attached hydrogens (tertiary/aromatic N) is 1. The normalized spacial score (nSPS) is 19.8. The zero-order valence-corrected chi connectivity index (χ0v) is 14.5. The standard InChI is InChI=1S/C19H16F3N3O3/c20-19(21,22)15-7-6-12(10-23-15)24-17(27)16-14(26)9-13(25-18(16)28)8-11-4-2-1-3-5-11/h1-7,10,13,16H,8-9H2,(H,24,27)(H,25,28). The van der Waals surface area contributed by atoms with E-state index >= 15 is 0 Å². The number of anilines is 1. The van der Waals surface area contributed by atoms with Crippen LogP contribution in [-0.2, 0) is 27.0 Å². The Hall–Kier alpha value is -3.23. The van der Waals surface area contributed by atoms with Gasteiger partial charge in [-0.05, 0) is 24.1 Å². The minimum Gasteiger partial charge on any atom is -0.352 e. The number of hydrogen-bond donors (Lipinski definition) is 2. The molecule has 2 unspecified atom stereocenters. The molecule has 2 N–H and O–H groups in total. The highest BCUT2D eigenvalue weighted by Gasteiger charge is 2.40. The highest BCUT2D eigenvalue weighted by molar-refractivity contribution is 6.22. The summed E-state index contributed by atoms with van der Waals surface area (Å²) in [5.41, 5.74) is -0.204. The number of carbonyl (C=O) groups excluding carboxylic acids is 3. The van der Waals surface area contributed by atoms with Crippen LogP contribution in [0.4, 0.5) is 18.9 Å². The Kier molecular flexibility index (Phi) is 5.43. The summed E-state index contributed by atoms with van der Waals surface area (Å²) in [6.07, 6.45) is -3.33. The van der Waals surface area contributed by atoms with E-state index in [1.807, 2.05) is 30.3 Å². The van der Waals surface area contributed by atoms with Gasteiger partial charge in [0.15, 0.2) is 11.7 Å². The maximum atomic E-state index is 12.5. The monoisotopic (exact) mass is 391 g/mol. The summed E-state index contributed by atoms with van der Waals surface area (Å²) in [6.45, 7) is 0. The lowest BCUT2D eigenvalue weighted by Crippen LogP contribution is -2.53. The van der Waals surface area contributed by atoms with E-state index in [2.05, 4.69) is 15.6 Å². The molecule has 2 heterocycles. The first-order valence-electron chi connectivity index (χ1n) is 8.45. The molecule has 6 nitrogen and oxygen atoms in total. The first-order chi connectivity index (χ1) is 13.2. The van der Waals surface area contributed by atoms with Crippen LogP contribution >= 0.6 is 0 Å². The number of amides is 2. The third-order valence-electron chi connectivity index (χ3n) is 4.29. The molecule has 2 amide bonds. The quantitative estimate of drug-likeness (QED) is 0.784. The van der Waals surface area contributed by atoms with Crippen LogP contribution in [0.25, 0.3) is 0 Å². The van der Waals surface area contributed by atoms with E-state index < -0.39 is 41.4 Å². The molecule has 2 atom stereocenters. The Morgan fingerprint density at radius 2 is 1.86 bits per heavy atom. The van der Waals surface area contributed by atoms with Crippen molar-refractivity contribution in [3.63, 3.8) is 0 Å². The zero-order chi connectivity index (χ0) is 20.3. The number of benzene rings is 1. The Morgan fingerprint density at radius 1 is 1.14 bits per heavy atom. The second kappa shape index (κ2) is 7.79. The largest absolute Gasteiger partial charge is 0.433 e. The number of Topliss-reactive ketones (excluding diaryl/α,β-unsaturated/α-hetero) is 1. The van der Waals surface area contributed by atoms with Gasteiger partial charge in [0.05, 0.1) is 11.9 Å². The molecule has 0 bridgehead atoms. The molecule has 0 spiro atoms. The number of pyridine rings is 1. The summed E-state index contributed by atoms with van der Waals surface area (Å²) in [5.74, 6) is -3.71. The Labute approximate surface area is 158 Å². The minimum atomic E-state index is -4.60. The summed E-state index contributed by atoms with van der Waals surface area (Å²) in [4.78, 5) is 40.1. The second-order valence-electron chi connectivity index (χ2n) is 6.42. The van der Waals surface area contributed by atoms with E-state index in [0.717, 1.165) is 17.8 Å². The maximum absolute atomic E-state index is 12.5. The molecule has 9 heteroatoms. The van der Waals surface area contributed by atoms with E-state index in [0.29, 0.717) is 12.5 Å². The van der Waals surface area contributed by atoms with Crippen molar-refractivity contribution in [1.82, 2.24) is 10.3 Å². The molecule has 2 aromatic rings. The number of carbonyl (C=O) groups is 3. The molecule has 0 saturated carbocycles. The molecule has 3 rings (SSSR count). The maximum Gasteiger partial charge on any atom is 0.433 e. The van der Waals surface area contributed by atoms with Crippen LogP contribution in [-0.4, -0.2) is 28.6 Å². The molecule has 146 valence electrons. The first-order valence-corrected chi connectivity index (χ1v) is 8.45. The van der Waals surface area contributed by atoms with Gasteiger partial charge in [-0.3, -0.25) is 14.4 Å². The second-order valence-corrected chi connectivity index (χ2v) is 6.42. The van der Waals surface area contributed by atoms with Gasteiger partial charge < -0.3 is 10.6 Å². The molecule has 1 aromatic carbocycles. The lowest BCUT2D eigenvalue weighted by molar-refractivity contribution is -0.143. The molecule has 0 aliphatic carbocycles. The van der Waals surface area contributed by atoms with Crippen molar-refractivity contribution in [3.05, 3.63) is 59.9 Å². The van der Waals surface area contributed by atoms with Gasteiger partial charge in [0.25, 0.3) is 0 Å². The molecule has 1 aromatic heterocycles. The number of hydrogen-bond acceptors (Lipinski definition) is 4. The van der Waals surface area contributed by atoms with Gasteiger partial charge in [-0.25, -0.2) is 4.98 Å². The molecule has 1 aliphatic rings. The number of rotatable bonds is 4. The fraction of sp³-hybridized carbons (Fsp3) is 0.263. The van der Waals surface area contributed by atoms with E-state index in [-0.39, 0.29) is 12.1 Å². The number of nitrogens with one attached hydrogen (secondary N) is 2. The molecule has 28 heavy (non-hydrogen) atoms. The van der Waals surface area contributed by atoms with Crippen molar-refractivity contribution in [2.75, 3.05) is 5.32 Å². The van der Waals surface area contributed by atoms with Crippen LogP contribution in [0, 0.1) is 5.92 Å². The van der Waals surface area contributed by atoms with Crippen molar-refractivity contribution in [2.24, 2.45) is 5.92 Å². The first kappa shape index (κ1) is 19.5. The predicted molar refractivity (Wildman–Crippen MR) is 93.1 cm³/mol. The smallest absolute Gasteiger partial charge is 0.352 e. The summed E-state index contributed by atoms with van der Waals surface area (Å²) < 4.78 is 37.6. The van der Waals surface area contributed by atoms with Gasteiger partial charge >= 0.3 is 6.18 Å². The Bertz CT molecular complexity index is 865. The number of piperidine rings is 1. The summed E-state index contributed by atoms with van der Waals surface area (Å²) >= 11 is 0. The van der Waals surface area contributed by atoms with Gasteiger partial charge in [-0.1, -0.05) is 30.3 Å². The lowest BCUT2D eigenvalue weighted by atomic mass is 9.89. The summed E-state index contributed by atoms with van der Waals surface area (Å²) in [5, 5.41) is 4.92. The summed E-state index contributed by atoms with van der Waals surface area (Å²) in [6, 6.07) is 10.6. The number of alkyl halides is 3. The predicted octanol–water partition coefficient (Wildman–Crippen LogP) is 2.36. The van der Waals surface area contributed by atoms with Gasteiger partial charge in [0.1, 0.15) is 5.69 Å². The Morgan fingerprint density at radius 3 is 2.43 bits per heavy atom. The molecule has 1 fully saturated rings. The van der Waals surface area contributed by atoms with Crippen molar-refractivity contribution in [1.29, 1.82) is 0 Å². The van der Waals surface area contributed by atoms with Gasteiger partial charge in [-0.2, -0.15) is 13.2 Å². The molecular weight excluding hydrogens is 375 g/mol. The van der Waals surface area contributed by atoms with Crippen LogP contribution in [0.1, 0.15) is 17.7 Å². The molecule has 1 aliphatic heterocycles. The fourth-order valence-electron chi connectivity index (χ4n) is 2.98. The van der Waals surface area contributed by atoms with Crippen molar-refractivity contribution in [3.8, 4) is 0 Å². The number of ketones is 1. The van der Waals surface area contributed by atoms with Crippen molar-refractivity contribution >= 4 is 23.3 Å². The third kappa shape index (κ3) is 4.54. The summed E-state index contributed by atoms with van der Waals surface area (Å²) in [7, 11) is 0. The van der Waals surface area contributed by atoms with E-state index in [1.54, 1.807) is 0 Å². The van der Waals surface area contributed by atoms with Gasteiger partial charge in [0.2, 0.25) is 11.8 Å². The Balaban J connectivity index is 1.63. The third-order valence-corrected chi connectivity index (χ3v) is 4.29. The van der Waals surface area contributed by atoms with Crippen LogP contribution < -0.4 is 10.6 Å². The number of aromatic nitrogens is 1. The highest BCUT2D eigenvalue weighted by atomic mass is 19.4. The van der Waals surface area contributed by atoms with E-state index in [4.69, 9.17) is 0 Å². The van der Waals surface area contributed by atoms with Crippen molar-refractivity contribution < 1.29 is 27.6 Å². The van der Waals surface area contributed by atoms with Gasteiger partial charge in [0, 0.05) is 12.5 Å². The van der Waals surface area contributed by atoms with Crippen LogP contribution in [0.3, 0.4) is 0 Å².